The molecule has 1 fully saturated rings. The van der Waals surface area contributed by atoms with Gasteiger partial charge in [0.05, 0.1) is 25.1 Å². The minimum atomic E-state index is -4.62. The van der Waals surface area contributed by atoms with Gasteiger partial charge in [0.1, 0.15) is 6.42 Å². The second-order valence-corrected chi connectivity index (χ2v) is 7.54. The summed E-state index contributed by atoms with van der Waals surface area (Å²) in [6, 6.07) is 9.23. The highest BCUT2D eigenvalue weighted by Gasteiger charge is 2.55. The number of alkyl halides is 3. The van der Waals surface area contributed by atoms with Crippen molar-refractivity contribution in [1.29, 1.82) is 0 Å². The van der Waals surface area contributed by atoms with Crippen LogP contribution in [0.5, 0.6) is 0 Å². The van der Waals surface area contributed by atoms with Gasteiger partial charge in [0.15, 0.2) is 0 Å². The maximum atomic E-state index is 12.9. The van der Waals surface area contributed by atoms with Gasteiger partial charge in [-0.1, -0.05) is 24.3 Å². The number of hydrogen-bond donors (Lipinski definition) is 1. The standard InChI is InChI=1S/C21H20F3N3O3/c22-21(23,24)9-19(30)26-11-16-20(14-5-1-2-6-15(14)26)17(12-28)27(16)18(29)8-13-4-3-7-25-10-13/h1-7,10,16-17,20,28H,8-9,11-12H2/t16-,17+,20+/m0/s1. The van der Waals surface area contributed by atoms with Crippen LogP contribution in [0.25, 0.3) is 0 Å². The number of rotatable bonds is 4. The molecule has 0 bridgehead atoms. The number of aromatic nitrogens is 1. The van der Waals surface area contributed by atoms with Gasteiger partial charge in [-0.15, -0.1) is 0 Å². The zero-order valence-electron chi connectivity index (χ0n) is 15.9. The number of likely N-dealkylation sites (tertiary alicyclic amines) is 1. The quantitative estimate of drug-likeness (QED) is 0.825. The second kappa shape index (κ2) is 7.71. The van der Waals surface area contributed by atoms with E-state index in [9.17, 15) is 27.9 Å². The molecule has 30 heavy (non-hydrogen) atoms. The van der Waals surface area contributed by atoms with Crippen LogP contribution in [0.1, 0.15) is 23.5 Å². The maximum absolute atomic E-state index is 12.9. The first kappa shape index (κ1) is 20.3. The zero-order chi connectivity index (χ0) is 21.5. The van der Waals surface area contributed by atoms with Crippen molar-refractivity contribution in [3.8, 4) is 0 Å². The van der Waals surface area contributed by atoms with Crippen LogP contribution < -0.4 is 4.90 Å². The summed E-state index contributed by atoms with van der Waals surface area (Å²) in [5.74, 6) is -1.55. The highest BCUT2D eigenvalue weighted by Crippen LogP contribution is 2.48. The number of halogens is 3. The van der Waals surface area contributed by atoms with E-state index in [1.54, 1.807) is 48.8 Å². The third-order valence-corrected chi connectivity index (χ3v) is 5.71. The number of benzene rings is 1. The third kappa shape index (κ3) is 3.65. The number of amides is 2. The van der Waals surface area contributed by atoms with Crippen molar-refractivity contribution in [3.63, 3.8) is 0 Å². The van der Waals surface area contributed by atoms with E-state index in [0.717, 1.165) is 4.90 Å². The Bertz CT molecular complexity index is 951. The molecule has 1 saturated heterocycles. The Morgan fingerprint density at radius 2 is 1.90 bits per heavy atom. The lowest BCUT2D eigenvalue weighted by Gasteiger charge is -2.59. The molecule has 2 aromatic rings. The Labute approximate surface area is 170 Å². The lowest BCUT2D eigenvalue weighted by atomic mass is 9.71. The molecule has 1 aromatic carbocycles. The van der Waals surface area contributed by atoms with Crippen LogP contribution in [-0.2, 0) is 16.0 Å². The average molecular weight is 419 g/mol. The number of hydrogen-bond acceptors (Lipinski definition) is 4. The normalized spacial score (nSPS) is 22.7. The largest absolute Gasteiger partial charge is 0.397 e. The van der Waals surface area contributed by atoms with E-state index in [0.29, 0.717) is 16.8 Å². The number of fused-ring (bicyclic) bond motifs is 3. The molecule has 9 heteroatoms. The molecule has 6 nitrogen and oxygen atoms in total. The Morgan fingerprint density at radius 1 is 1.13 bits per heavy atom. The first-order valence-electron chi connectivity index (χ1n) is 9.57. The second-order valence-electron chi connectivity index (χ2n) is 7.54. The highest BCUT2D eigenvalue weighted by molar-refractivity contribution is 5.96. The minimum Gasteiger partial charge on any atom is -0.394 e. The number of carbonyl (C=O) groups is 2. The molecule has 3 heterocycles. The van der Waals surface area contributed by atoms with Gasteiger partial charge in [-0.25, -0.2) is 0 Å². The Balaban J connectivity index is 1.63. The summed E-state index contributed by atoms with van der Waals surface area (Å²) in [6.07, 6.45) is -2.96. The van der Waals surface area contributed by atoms with Gasteiger partial charge in [0.2, 0.25) is 11.8 Å². The van der Waals surface area contributed by atoms with Crippen LogP contribution in [-0.4, -0.2) is 58.2 Å². The summed E-state index contributed by atoms with van der Waals surface area (Å²) in [5, 5.41) is 9.93. The van der Waals surface area contributed by atoms with E-state index >= 15 is 0 Å². The summed E-state index contributed by atoms with van der Waals surface area (Å²) >= 11 is 0. The summed E-state index contributed by atoms with van der Waals surface area (Å²) in [5.41, 5.74) is 1.78. The third-order valence-electron chi connectivity index (χ3n) is 5.71. The summed E-state index contributed by atoms with van der Waals surface area (Å²) in [7, 11) is 0. The van der Waals surface area contributed by atoms with E-state index in [1.165, 1.54) is 4.90 Å². The number of aliphatic hydroxyl groups excluding tert-OH is 1. The van der Waals surface area contributed by atoms with Gasteiger partial charge in [-0.05, 0) is 23.3 Å². The van der Waals surface area contributed by atoms with Crippen molar-refractivity contribution in [2.24, 2.45) is 0 Å². The van der Waals surface area contributed by atoms with Crippen molar-refractivity contribution in [2.45, 2.75) is 37.0 Å². The van der Waals surface area contributed by atoms with E-state index in [1.807, 2.05) is 0 Å². The monoisotopic (exact) mass is 419 g/mol. The van der Waals surface area contributed by atoms with E-state index in [2.05, 4.69) is 4.98 Å². The molecule has 1 N–H and O–H groups in total. The number of aliphatic hydroxyl groups is 1. The van der Waals surface area contributed by atoms with Crippen molar-refractivity contribution in [1.82, 2.24) is 9.88 Å². The predicted octanol–water partition coefficient (Wildman–Crippen LogP) is 2.28. The van der Waals surface area contributed by atoms with Gasteiger partial charge < -0.3 is 14.9 Å². The summed E-state index contributed by atoms with van der Waals surface area (Å²) < 4.78 is 38.5. The van der Waals surface area contributed by atoms with Gasteiger partial charge >= 0.3 is 6.18 Å². The number of carbonyl (C=O) groups excluding carboxylic acids is 2. The number of nitrogens with zero attached hydrogens (tertiary/aromatic N) is 3. The van der Waals surface area contributed by atoms with Crippen LogP contribution in [0.3, 0.4) is 0 Å². The van der Waals surface area contributed by atoms with Gasteiger partial charge in [0.25, 0.3) is 0 Å². The minimum absolute atomic E-state index is 0.0358. The average Bonchev–Trinajstić information content (AvgIpc) is 2.67. The summed E-state index contributed by atoms with van der Waals surface area (Å²) in [6.45, 7) is -0.309. The number of anilines is 1. The maximum Gasteiger partial charge on any atom is 0.397 e. The molecule has 0 radical (unpaired) electrons. The highest BCUT2D eigenvalue weighted by atomic mass is 19.4. The van der Waals surface area contributed by atoms with Crippen LogP contribution in [0.4, 0.5) is 18.9 Å². The molecule has 2 aliphatic rings. The van der Waals surface area contributed by atoms with E-state index in [-0.39, 0.29) is 31.4 Å². The lowest BCUT2D eigenvalue weighted by molar-refractivity contribution is -0.155. The van der Waals surface area contributed by atoms with Crippen LogP contribution in [0.2, 0.25) is 0 Å². The number of pyridine rings is 1. The van der Waals surface area contributed by atoms with Gasteiger partial charge in [0, 0.05) is 30.5 Å². The molecule has 4 rings (SSSR count). The number of para-hydroxylation sites is 1. The fourth-order valence-electron chi connectivity index (χ4n) is 4.51. The van der Waals surface area contributed by atoms with Gasteiger partial charge in [-0.3, -0.25) is 14.6 Å². The molecule has 2 aliphatic heterocycles. The lowest BCUT2D eigenvalue weighted by Crippen LogP contribution is -2.71. The SMILES string of the molecule is O=C(CC(F)(F)F)N1C[C@H]2[C@@H](c3ccccc31)[C@@H](CO)N2C(=O)Cc1cccnc1. The topological polar surface area (TPSA) is 73.7 Å². The fourth-order valence-corrected chi connectivity index (χ4v) is 4.51. The molecular formula is C21H20F3N3O3. The Hall–Kier alpha value is -2.94. The molecular weight excluding hydrogens is 399 g/mol. The van der Waals surface area contributed by atoms with E-state index in [4.69, 9.17) is 0 Å². The molecule has 3 atom stereocenters. The molecule has 2 amide bonds. The molecule has 0 unspecified atom stereocenters. The van der Waals surface area contributed by atoms with Crippen LogP contribution in [0, 0.1) is 0 Å². The van der Waals surface area contributed by atoms with Crippen molar-refractivity contribution >= 4 is 17.5 Å². The zero-order valence-corrected chi connectivity index (χ0v) is 15.9. The van der Waals surface area contributed by atoms with Gasteiger partial charge in [-0.2, -0.15) is 13.2 Å². The van der Waals surface area contributed by atoms with Crippen molar-refractivity contribution in [3.05, 3.63) is 59.9 Å². The van der Waals surface area contributed by atoms with Crippen molar-refractivity contribution in [2.75, 3.05) is 18.1 Å². The van der Waals surface area contributed by atoms with Crippen LogP contribution >= 0.6 is 0 Å². The predicted molar refractivity (Wildman–Crippen MR) is 102 cm³/mol. The first-order chi connectivity index (χ1) is 14.3. The molecule has 0 spiro atoms. The fraction of sp³-hybridized carbons (Fsp3) is 0.381. The van der Waals surface area contributed by atoms with E-state index < -0.39 is 30.6 Å². The summed E-state index contributed by atoms with van der Waals surface area (Å²) in [4.78, 5) is 32.0. The molecule has 0 saturated carbocycles. The molecule has 0 aliphatic carbocycles. The van der Waals surface area contributed by atoms with Crippen LogP contribution in [0.15, 0.2) is 48.8 Å². The first-order valence-corrected chi connectivity index (χ1v) is 9.57. The smallest absolute Gasteiger partial charge is 0.394 e. The van der Waals surface area contributed by atoms with Crippen molar-refractivity contribution < 1.29 is 27.9 Å². The molecule has 1 aromatic heterocycles. The Kier molecular flexibility index (Phi) is 5.23. The molecule has 158 valence electrons. The Morgan fingerprint density at radius 3 is 2.57 bits per heavy atom.